The van der Waals surface area contributed by atoms with E-state index in [-0.39, 0.29) is 11.9 Å². The molecule has 1 atom stereocenters. The molecule has 0 aromatic heterocycles. The lowest BCUT2D eigenvalue weighted by molar-refractivity contribution is 0.00578. The van der Waals surface area contributed by atoms with Gasteiger partial charge in [0.2, 0.25) is 0 Å². The van der Waals surface area contributed by atoms with Crippen LogP contribution in [0.3, 0.4) is 0 Å². The summed E-state index contributed by atoms with van der Waals surface area (Å²) in [6.07, 6.45) is 0.144. The van der Waals surface area contributed by atoms with E-state index in [1.54, 1.807) is 0 Å². The topological polar surface area (TPSA) is 56.8 Å². The summed E-state index contributed by atoms with van der Waals surface area (Å²) in [5.41, 5.74) is -0.662. The predicted molar refractivity (Wildman–Crippen MR) is 93.4 cm³/mol. The second-order valence-corrected chi connectivity index (χ2v) is 7.83. The molecule has 1 aromatic carbocycles. The average molecular weight is 367 g/mol. The van der Waals surface area contributed by atoms with Crippen LogP contribution in [0.2, 0.25) is 0 Å². The molecule has 1 aliphatic heterocycles. The highest BCUT2D eigenvalue weighted by Crippen LogP contribution is 2.37. The minimum absolute atomic E-state index is 0.196. The maximum atomic E-state index is 15.2. The van der Waals surface area contributed by atoms with E-state index in [2.05, 4.69) is 5.32 Å². The van der Waals surface area contributed by atoms with Gasteiger partial charge in [0.25, 0.3) is 0 Å². The van der Waals surface area contributed by atoms with E-state index in [0.717, 1.165) is 0 Å². The van der Waals surface area contributed by atoms with Crippen LogP contribution in [0.25, 0.3) is 0 Å². The third-order valence-corrected chi connectivity index (χ3v) is 5.58. The Morgan fingerprint density at radius 1 is 1.27 bits per heavy atom. The summed E-state index contributed by atoms with van der Waals surface area (Å²) in [7, 11) is 0.344. The number of ether oxygens (including phenoxy) is 1. The number of benzene rings is 1. The van der Waals surface area contributed by atoms with Crippen LogP contribution in [-0.2, 0) is 26.9 Å². The minimum atomic E-state index is -1.12. The zero-order chi connectivity index (χ0) is 19.3. The van der Waals surface area contributed by atoms with Gasteiger partial charge in [-0.05, 0) is 57.7 Å². The van der Waals surface area contributed by atoms with Gasteiger partial charge in [-0.2, -0.15) is 0 Å². The molecule has 1 aromatic rings. The minimum Gasteiger partial charge on any atom is -0.446 e. The largest absolute Gasteiger partial charge is 0.500 e. The molecule has 142 valence electrons. The highest BCUT2D eigenvalue weighted by Gasteiger charge is 2.53. The molecule has 8 heteroatoms. The lowest BCUT2D eigenvalue weighted by Crippen LogP contribution is -2.41. The normalized spacial score (nSPS) is 23.5. The van der Waals surface area contributed by atoms with Crippen molar-refractivity contribution in [2.45, 2.75) is 64.3 Å². The molecular weight excluding hydrogens is 343 g/mol. The van der Waals surface area contributed by atoms with Gasteiger partial charge in [-0.25, -0.2) is 13.6 Å². The number of hydrogen-bond acceptors (Lipinski definition) is 4. The highest BCUT2D eigenvalue weighted by atomic mass is 19.1. The smallest absolute Gasteiger partial charge is 0.446 e. The molecule has 1 aliphatic carbocycles. The molecule has 3 rings (SSSR count). The summed E-state index contributed by atoms with van der Waals surface area (Å²) in [6.45, 7) is 7.31. The SMILES string of the molecule is CNC(=O)OC1CCc2cc(F)c(B3OC(C)(C)C(C)(C)O3)c(F)c2C1. The molecule has 1 N–H and O–H groups in total. The van der Waals surface area contributed by atoms with Gasteiger partial charge in [0, 0.05) is 13.5 Å². The lowest BCUT2D eigenvalue weighted by atomic mass is 9.74. The Bertz CT molecular complexity index is 722. The van der Waals surface area contributed by atoms with Crippen LogP contribution in [0, 0.1) is 11.6 Å². The number of halogens is 2. The molecule has 1 unspecified atom stereocenters. The highest BCUT2D eigenvalue weighted by molar-refractivity contribution is 6.62. The van der Waals surface area contributed by atoms with Crippen LogP contribution in [0.5, 0.6) is 0 Å². The van der Waals surface area contributed by atoms with Crippen LogP contribution >= 0.6 is 0 Å². The Morgan fingerprint density at radius 3 is 2.46 bits per heavy atom. The van der Waals surface area contributed by atoms with Crippen LogP contribution in [-0.4, -0.2) is 37.6 Å². The number of fused-ring (bicyclic) bond motifs is 1. The molecule has 0 spiro atoms. The number of alkyl carbamates (subject to hydrolysis) is 1. The van der Waals surface area contributed by atoms with E-state index in [4.69, 9.17) is 14.0 Å². The number of amides is 1. The number of nitrogens with one attached hydrogen (secondary N) is 1. The first-order chi connectivity index (χ1) is 12.1. The lowest BCUT2D eigenvalue weighted by Gasteiger charge is -2.32. The summed E-state index contributed by atoms with van der Waals surface area (Å²) in [4.78, 5) is 11.4. The fourth-order valence-corrected chi connectivity index (χ4v) is 3.30. The van der Waals surface area contributed by atoms with Gasteiger partial charge in [-0.15, -0.1) is 0 Å². The molecule has 1 saturated heterocycles. The summed E-state index contributed by atoms with van der Waals surface area (Å²) < 4.78 is 46.7. The predicted octanol–water partition coefficient (Wildman–Crippen LogP) is 2.48. The molecular formula is C18H24BF2NO4. The van der Waals surface area contributed by atoms with E-state index >= 15 is 4.39 Å². The maximum absolute atomic E-state index is 15.2. The van der Waals surface area contributed by atoms with Crippen LogP contribution in [0.15, 0.2) is 6.07 Å². The zero-order valence-corrected chi connectivity index (χ0v) is 15.7. The maximum Gasteiger partial charge on any atom is 0.500 e. The summed E-state index contributed by atoms with van der Waals surface area (Å²) in [5.74, 6) is -1.35. The van der Waals surface area contributed by atoms with E-state index in [1.165, 1.54) is 13.1 Å². The second-order valence-electron chi connectivity index (χ2n) is 7.83. The van der Waals surface area contributed by atoms with Crippen molar-refractivity contribution in [1.82, 2.24) is 5.32 Å². The number of aryl methyl sites for hydroxylation is 1. The molecule has 1 amide bonds. The van der Waals surface area contributed by atoms with E-state index in [1.807, 2.05) is 27.7 Å². The van der Waals surface area contributed by atoms with Crippen molar-refractivity contribution in [2.24, 2.45) is 0 Å². The van der Waals surface area contributed by atoms with E-state index in [9.17, 15) is 9.18 Å². The fraction of sp³-hybridized carbons (Fsp3) is 0.611. The molecule has 0 radical (unpaired) electrons. The quantitative estimate of drug-likeness (QED) is 0.817. The van der Waals surface area contributed by atoms with Crippen molar-refractivity contribution < 1.29 is 27.6 Å². The molecule has 1 fully saturated rings. The third kappa shape index (κ3) is 3.20. The van der Waals surface area contributed by atoms with Gasteiger partial charge >= 0.3 is 13.2 Å². The van der Waals surface area contributed by atoms with Gasteiger partial charge in [0.1, 0.15) is 17.7 Å². The Kier molecular flexibility index (Phi) is 4.77. The van der Waals surface area contributed by atoms with Crippen LogP contribution < -0.4 is 10.8 Å². The summed E-state index contributed by atoms with van der Waals surface area (Å²) in [5, 5.41) is 2.38. The van der Waals surface area contributed by atoms with Crippen molar-refractivity contribution in [3.05, 3.63) is 28.8 Å². The molecule has 0 saturated carbocycles. The van der Waals surface area contributed by atoms with Gasteiger partial charge in [-0.1, -0.05) is 0 Å². The molecule has 5 nitrogen and oxygen atoms in total. The first kappa shape index (κ1) is 19.1. The summed E-state index contributed by atoms with van der Waals surface area (Å²) in [6, 6.07) is 1.34. The van der Waals surface area contributed by atoms with Gasteiger partial charge in [0.05, 0.1) is 16.7 Å². The van der Waals surface area contributed by atoms with Gasteiger partial charge in [0.15, 0.2) is 0 Å². The van der Waals surface area contributed by atoms with Crippen LogP contribution in [0.1, 0.15) is 45.2 Å². The van der Waals surface area contributed by atoms with E-state index < -0.39 is 42.2 Å². The molecule has 2 aliphatic rings. The Labute approximate surface area is 152 Å². The first-order valence-electron chi connectivity index (χ1n) is 8.79. The Balaban J connectivity index is 1.93. The Morgan fingerprint density at radius 2 is 1.88 bits per heavy atom. The molecule has 1 heterocycles. The number of rotatable bonds is 2. The van der Waals surface area contributed by atoms with Crippen molar-refractivity contribution in [1.29, 1.82) is 0 Å². The average Bonchev–Trinajstić information content (AvgIpc) is 2.75. The summed E-state index contributed by atoms with van der Waals surface area (Å²) >= 11 is 0. The van der Waals surface area contributed by atoms with Gasteiger partial charge < -0.3 is 19.4 Å². The monoisotopic (exact) mass is 367 g/mol. The molecule has 0 bridgehead atoms. The first-order valence-corrected chi connectivity index (χ1v) is 8.79. The van der Waals surface area contributed by atoms with Crippen molar-refractivity contribution >= 4 is 18.7 Å². The standard InChI is InChI=1S/C18H24BF2NO4/c1-17(2)18(3,4)26-19(25-17)14-13(20)8-10-6-7-11(24-16(23)22-5)9-12(10)15(14)21/h8,11H,6-7,9H2,1-5H3,(H,22,23). The number of carbonyl (C=O) groups excluding carboxylic acids is 1. The van der Waals surface area contributed by atoms with E-state index in [0.29, 0.717) is 24.0 Å². The van der Waals surface area contributed by atoms with Crippen molar-refractivity contribution in [3.8, 4) is 0 Å². The van der Waals surface area contributed by atoms with Crippen molar-refractivity contribution in [3.63, 3.8) is 0 Å². The van der Waals surface area contributed by atoms with Crippen LogP contribution in [0.4, 0.5) is 13.6 Å². The zero-order valence-electron chi connectivity index (χ0n) is 15.7. The van der Waals surface area contributed by atoms with Crippen molar-refractivity contribution in [2.75, 3.05) is 7.05 Å². The number of hydrogen-bond donors (Lipinski definition) is 1. The fourth-order valence-electron chi connectivity index (χ4n) is 3.30. The third-order valence-electron chi connectivity index (χ3n) is 5.58. The number of carbonyl (C=O) groups is 1. The van der Waals surface area contributed by atoms with Gasteiger partial charge in [-0.3, -0.25) is 0 Å². The molecule has 26 heavy (non-hydrogen) atoms. The Hall–Kier alpha value is -1.67. The second kappa shape index (κ2) is 6.49.